The Morgan fingerprint density at radius 3 is 3.14 bits per heavy atom. The number of rotatable bonds is 4. The largest absolute Gasteiger partial charge is 0.368 e. The maximum atomic E-state index is 11.3. The van der Waals surface area contributed by atoms with Gasteiger partial charge in [-0.3, -0.25) is 14.4 Å². The van der Waals surface area contributed by atoms with Gasteiger partial charge in [0.05, 0.1) is 0 Å². The van der Waals surface area contributed by atoms with E-state index in [4.69, 9.17) is 10.6 Å². The Balaban J connectivity index is 2.26. The molecule has 0 saturated carbocycles. The van der Waals surface area contributed by atoms with Crippen molar-refractivity contribution in [3.8, 4) is 0 Å². The third-order valence-corrected chi connectivity index (χ3v) is 1.98. The average Bonchev–Trinajstić information content (AvgIpc) is 2.31. The quantitative estimate of drug-likeness (QED) is 0.491. The third-order valence-electron chi connectivity index (χ3n) is 1.98. The molecule has 0 bridgehead atoms. The van der Waals surface area contributed by atoms with E-state index in [9.17, 15) is 9.59 Å². The van der Waals surface area contributed by atoms with E-state index in [1.807, 2.05) is 0 Å². The summed E-state index contributed by atoms with van der Waals surface area (Å²) in [5.41, 5.74) is 7.40. The topological polar surface area (TPSA) is 93.5 Å². The second kappa shape index (κ2) is 5.56. The molecule has 1 atom stereocenters. The molecule has 0 aromatic rings. The lowest BCUT2D eigenvalue weighted by atomic mass is 10.1. The zero-order valence-electron chi connectivity index (χ0n) is 7.91. The zero-order chi connectivity index (χ0) is 10.4. The standard InChI is InChI=1S/C8H15N3O3/c9-7(12)5-14-11-6-3-1-2-4-10-8(6)13/h6,11H,1-5H2,(H2,9,12)(H,10,13). The molecular formula is C8H15N3O3. The van der Waals surface area contributed by atoms with E-state index in [-0.39, 0.29) is 18.6 Å². The Hall–Kier alpha value is -1.14. The Morgan fingerprint density at radius 1 is 1.64 bits per heavy atom. The van der Waals surface area contributed by atoms with Crippen LogP contribution in [-0.4, -0.2) is 31.0 Å². The van der Waals surface area contributed by atoms with Gasteiger partial charge in [0.25, 0.3) is 0 Å². The van der Waals surface area contributed by atoms with Crippen molar-refractivity contribution < 1.29 is 14.4 Å². The van der Waals surface area contributed by atoms with Crippen molar-refractivity contribution in [1.29, 1.82) is 0 Å². The number of carbonyl (C=O) groups is 2. The average molecular weight is 201 g/mol. The summed E-state index contributed by atoms with van der Waals surface area (Å²) < 4.78 is 0. The van der Waals surface area contributed by atoms with E-state index in [1.54, 1.807) is 0 Å². The first-order valence-corrected chi connectivity index (χ1v) is 4.63. The highest BCUT2D eigenvalue weighted by Crippen LogP contribution is 2.04. The molecule has 2 amide bonds. The van der Waals surface area contributed by atoms with Gasteiger partial charge in [-0.25, -0.2) is 0 Å². The second-order valence-corrected chi connectivity index (χ2v) is 3.21. The van der Waals surface area contributed by atoms with Crippen LogP contribution in [0.2, 0.25) is 0 Å². The summed E-state index contributed by atoms with van der Waals surface area (Å²) in [4.78, 5) is 26.4. The molecule has 1 saturated heterocycles. The molecule has 1 fully saturated rings. The summed E-state index contributed by atoms with van der Waals surface area (Å²) in [6.45, 7) is 0.483. The van der Waals surface area contributed by atoms with Crippen molar-refractivity contribution >= 4 is 11.8 Å². The number of hydroxylamine groups is 1. The fourth-order valence-electron chi connectivity index (χ4n) is 1.27. The fraction of sp³-hybridized carbons (Fsp3) is 0.750. The smallest absolute Gasteiger partial charge is 0.245 e. The van der Waals surface area contributed by atoms with E-state index < -0.39 is 5.91 Å². The van der Waals surface area contributed by atoms with Gasteiger partial charge in [0.15, 0.2) is 0 Å². The summed E-state index contributed by atoms with van der Waals surface area (Å²) in [5.74, 6) is -0.654. The summed E-state index contributed by atoms with van der Waals surface area (Å²) >= 11 is 0. The molecule has 14 heavy (non-hydrogen) atoms. The summed E-state index contributed by atoms with van der Waals surface area (Å²) in [6, 6.07) is -0.378. The predicted molar refractivity (Wildman–Crippen MR) is 48.9 cm³/mol. The lowest BCUT2D eigenvalue weighted by Gasteiger charge is -2.13. The molecule has 0 spiro atoms. The second-order valence-electron chi connectivity index (χ2n) is 3.21. The molecule has 4 N–H and O–H groups in total. The molecule has 6 heteroatoms. The number of nitrogens with one attached hydrogen (secondary N) is 2. The van der Waals surface area contributed by atoms with Crippen LogP contribution in [0.3, 0.4) is 0 Å². The van der Waals surface area contributed by atoms with E-state index in [2.05, 4.69) is 10.8 Å². The molecule has 0 radical (unpaired) electrons. The van der Waals surface area contributed by atoms with Crippen LogP contribution in [0.25, 0.3) is 0 Å². The molecule has 1 aliphatic heterocycles. The number of amides is 2. The van der Waals surface area contributed by atoms with Crippen LogP contribution in [0.4, 0.5) is 0 Å². The maximum Gasteiger partial charge on any atom is 0.245 e. The zero-order valence-corrected chi connectivity index (χ0v) is 7.91. The molecule has 0 aromatic carbocycles. The molecule has 6 nitrogen and oxygen atoms in total. The van der Waals surface area contributed by atoms with E-state index in [1.165, 1.54) is 0 Å². The van der Waals surface area contributed by atoms with Crippen LogP contribution < -0.4 is 16.5 Å². The van der Waals surface area contributed by atoms with E-state index >= 15 is 0 Å². The molecule has 0 aromatic heterocycles. The van der Waals surface area contributed by atoms with Crippen molar-refractivity contribution in [2.75, 3.05) is 13.2 Å². The summed E-state index contributed by atoms with van der Waals surface area (Å²) in [7, 11) is 0. The molecular weight excluding hydrogens is 186 g/mol. The van der Waals surface area contributed by atoms with E-state index in [0.717, 1.165) is 12.8 Å². The van der Waals surface area contributed by atoms with Gasteiger partial charge < -0.3 is 11.1 Å². The lowest BCUT2D eigenvalue weighted by molar-refractivity contribution is -0.133. The van der Waals surface area contributed by atoms with Gasteiger partial charge in [-0.15, -0.1) is 0 Å². The Bertz CT molecular complexity index is 220. The number of hydrogen-bond donors (Lipinski definition) is 3. The highest BCUT2D eigenvalue weighted by atomic mass is 16.6. The molecule has 0 aliphatic carbocycles. The SMILES string of the molecule is NC(=O)CONC1CCCCNC1=O. The van der Waals surface area contributed by atoms with Gasteiger partial charge in [0.2, 0.25) is 11.8 Å². The van der Waals surface area contributed by atoms with Crippen molar-refractivity contribution in [3.63, 3.8) is 0 Å². The number of carbonyl (C=O) groups excluding carboxylic acids is 2. The van der Waals surface area contributed by atoms with Crippen molar-refractivity contribution in [1.82, 2.24) is 10.8 Å². The minimum Gasteiger partial charge on any atom is -0.368 e. The molecule has 80 valence electrons. The van der Waals surface area contributed by atoms with Crippen molar-refractivity contribution in [2.45, 2.75) is 25.3 Å². The first kappa shape index (κ1) is 10.9. The normalized spacial score (nSPS) is 22.6. The molecule has 1 aliphatic rings. The summed E-state index contributed by atoms with van der Waals surface area (Å²) in [6.07, 6.45) is 2.64. The molecule has 1 heterocycles. The van der Waals surface area contributed by atoms with Gasteiger partial charge in [-0.1, -0.05) is 0 Å². The van der Waals surface area contributed by atoms with Crippen LogP contribution in [0.1, 0.15) is 19.3 Å². The maximum absolute atomic E-state index is 11.3. The Morgan fingerprint density at radius 2 is 2.43 bits per heavy atom. The van der Waals surface area contributed by atoms with Gasteiger partial charge in [-0.05, 0) is 19.3 Å². The molecule has 1 unspecified atom stereocenters. The van der Waals surface area contributed by atoms with E-state index in [0.29, 0.717) is 13.0 Å². The summed E-state index contributed by atoms with van der Waals surface area (Å²) in [5, 5.41) is 2.74. The Labute approximate surface area is 82.1 Å². The van der Waals surface area contributed by atoms with Gasteiger partial charge in [-0.2, -0.15) is 5.48 Å². The predicted octanol–water partition coefficient (Wildman–Crippen LogP) is -1.34. The fourth-order valence-corrected chi connectivity index (χ4v) is 1.27. The number of hydrogen-bond acceptors (Lipinski definition) is 4. The number of primary amides is 1. The van der Waals surface area contributed by atoms with Gasteiger partial charge in [0.1, 0.15) is 12.6 Å². The van der Waals surface area contributed by atoms with Gasteiger partial charge in [0, 0.05) is 6.54 Å². The Kier molecular flexibility index (Phi) is 4.34. The highest BCUT2D eigenvalue weighted by molar-refractivity contribution is 5.81. The van der Waals surface area contributed by atoms with Gasteiger partial charge >= 0.3 is 0 Å². The third kappa shape index (κ3) is 3.71. The van der Waals surface area contributed by atoms with Crippen LogP contribution in [0, 0.1) is 0 Å². The minimum absolute atomic E-state index is 0.0908. The lowest BCUT2D eigenvalue weighted by Crippen LogP contribution is -2.43. The number of nitrogens with two attached hydrogens (primary N) is 1. The molecule has 1 rings (SSSR count). The van der Waals surface area contributed by atoms with Crippen molar-refractivity contribution in [3.05, 3.63) is 0 Å². The first-order valence-electron chi connectivity index (χ1n) is 4.63. The van der Waals surface area contributed by atoms with Crippen LogP contribution >= 0.6 is 0 Å². The van der Waals surface area contributed by atoms with Crippen molar-refractivity contribution in [2.24, 2.45) is 5.73 Å². The first-order chi connectivity index (χ1) is 6.70. The minimum atomic E-state index is -0.563. The van der Waals surface area contributed by atoms with Crippen LogP contribution in [0.15, 0.2) is 0 Å². The van der Waals surface area contributed by atoms with Crippen LogP contribution in [-0.2, 0) is 14.4 Å². The van der Waals surface area contributed by atoms with Crippen LogP contribution in [0.5, 0.6) is 0 Å². The highest BCUT2D eigenvalue weighted by Gasteiger charge is 2.20. The monoisotopic (exact) mass is 201 g/mol.